The summed E-state index contributed by atoms with van der Waals surface area (Å²) in [4.78, 5) is 8.31. The first-order valence-electron chi connectivity index (χ1n) is 7.31. The highest BCUT2D eigenvalue weighted by atomic mass is 35.5. The molecule has 1 aromatic carbocycles. The summed E-state index contributed by atoms with van der Waals surface area (Å²) in [6.07, 6.45) is 1.01. The number of nitrogens with zero attached hydrogens (tertiary/aromatic N) is 2. The number of halogens is 3. The lowest BCUT2D eigenvalue weighted by Gasteiger charge is -2.07. The Morgan fingerprint density at radius 3 is 2.46 bits per heavy atom. The molecule has 0 saturated heterocycles. The van der Waals surface area contributed by atoms with Crippen LogP contribution in [-0.2, 0) is 11.3 Å². The fourth-order valence-corrected chi connectivity index (χ4v) is 1.93. The van der Waals surface area contributed by atoms with E-state index in [4.69, 9.17) is 39.4 Å². The summed E-state index contributed by atoms with van der Waals surface area (Å²) in [5.41, 5.74) is 12.4. The number of hydrogen-bond donors (Lipinski definition) is 3. The van der Waals surface area contributed by atoms with Gasteiger partial charge in [0.1, 0.15) is 0 Å². The molecule has 0 unspecified atom stereocenters. The summed E-state index contributed by atoms with van der Waals surface area (Å²) in [6.45, 7) is 5.56. The zero-order valence-electron chi connectivity index (χ0n) is 13.8. The van der Waals surface area contributed by atoms with Gasteiger partial charge in [-0.2, -0.15) is 0 Å². The standard InChI is InChI=1S/C15H23Cl2N5O.ClH/c1-10(2)23-7-3-6-20-14(18)22-15(19)21-9-11-4-5-12(16)13(17)8-11;/h4-5,8,10H,3,6-7,9H2,1-2H3,(H5,18,19,20,21,22);1H. The fraction of sp³-hybridized carbons (Fsp3) is 0.467. The highest BCUT2D eigenvalue weighted by Gasteiger charge is 2.00. The number of rotatable bonds is 7. The van der Waals surface area contributed by atoms with Gasteiger partial charge in [0, 0.05) is 13.2 Å². The number of benzene rings is 1. The van der Waals surface area contributed by atoms with Crippen molar-refractivity contribution in [3.8, 4) is 0 Å². The molecule has 0 spiro atoms. The maximum atomic E-state index is 5.94. The number of ether oxygens (including phenoxy) is 1. The van der Waals surface area contributed by atoms with Gasteiger partial charge in [-0.3, -0.25) is 10.3 Å². The Labute approximate surface area is 159 Å². The molecule has 0 aliphatic carbocycles. The van der Waals surface area contributed by atoms with E-state index in [1.165, 1.54) is 0 Å². The monoisotopic (exact) mass is 395 g/mol. The molecule has 0 aromatic heterocycles. The average Bonchev–Trinajstić information content (AvgIpc) is 2.47. The second-order valence-corrected chi connectivity index (χ2v) is 5.93. The minimum atomic E-state index is 0. The van der Waals surface area contributed by atoms with Crippen LogP contribution in [0.3, 0.4) is 0 Å². The SMILES string of the molecule is CC(C)OCCCN=C(N)NC(N)=NCc1ccc(Cl)c(Cl)c1.Cl. The van der Waals surface area contributed by atoms with Gasteiger partial charge in [-0.05, 0) is 38.0 Å². The van der Waals surface area contributed by atoms with Gasteiger partial charge in [0.05, 0.1) is 22.7 Å². The Bertz CT molecular complexity index is 564. The molecule has 0 saturated carbocycles. The molecule has 136 valence electrons. The lowest BCUT2D eigenvalue weighted by molar-refractivity contribution is 0.0783. The minimum absolute atomic E-state index is 0. The van der Waals surface area contributed by atoms with Gasteiger partial charge >= 0.3 is 0 Å². The van der Waals surface area contributed by atoms with E-state index in [0.29, 0.717) is 29.7 Å². The van der Waals surface area contributed by atoms with E-state index < -0.39 is 0 Å². The van der Waals surface area contributed by atoms with Gasteiger partial charge in [0.25, 0.3) is 0 Å². The van der Waals surface area contributed by atoms with E-state index in [-0.39, 0.29) is 30.4 Å². The molecule has 9 heteroatoms. The van der Waals surface area contributed by atoms with Gasteiger partial charge in [-0.15, -0.1) is 12.4 Å². The van der Waals surface area contributed by atoms with Crippen molar-refractivity contribution in [2.24, 2.45) is 21.5 Å². The zero-order valence-corrected chi connectivity index (χ0v) is 16.1. The molecule has 0 aliphatic rings. The van der Waals surface area contributed by atoms with Crippen LogP contribution < -0.4 is 16.8 Å². The van der Waals surface area contributed by atoms with Crippen LogP contribution >= 0.6 is 35.6 Å². The highest BCUT2D eigenvalue weighted by Crippen LogP contribution is 2.22. The van der Waals surface area contributed by atoms with Crippen molar-refractivity contribution >= 4 is 47.5 Å². The van der Waals surface area contributed by atoms with Crippen LogP contribution in [0.15, 0.2) is 28.2 Å². The highest BCUT2D eigenvalue weighted by molar-refractivity contribution is 6.42. The number of nitrogens with two attached hydrogens (primary N) is 2. The van der Waals surface area contributed by atoms with Crippen LogP contribution in [0.4, 0.5) is 0 Å². The quantitative estimate of drug-likeness (QED) is 0.375. The first-order valence-corrected chi connectivity index (χ1v) is 8.06. The van der Waals surface area contributed by atoms with Crippen molar-refractivity contribution in [2.45, 2.75) is 32.9 Å². The van der Waals surface area contributed by atoms with E-state index in [0.717, 1.165) is 12.0 Å². The number of aliphatic imine (C=N–C) groups is 2. The Balaban J connectivity index is 0.00000529. The predicted octanol–water partition coefficient (Wildman–Crippen LogP) is 2.95. The Morgan fingerprint density at radius 1 is 1.17 bits per heavy atom. The van der Waals surface area contributed by atoms with Gasteiger partial charge in [-0.25, -0.2) is 4.99 Å². The molecule has 0 amide bonds. The number of guanidine groups is 2. The molecule has 0 bridgehead atoms. The second kappa shape index (κ2) is 12.2. The molecule has 1 aromatic rings. The molecule has 6 nitrogen and oxygen atoms in total. The van der Waals surface area contributed by atoms with Crippen molar-refractivity contribution in [2.75, 3.05) is 13.2 Å². The second-order valence-electron chi connectivity index (χ2n) is 5.11. The van der Waals surface area contributed by atoms with Crippen molar-refractivity contribution in [3.05, 3.63) is 33.8 Å². The molecule has 0 radical (unpaired) electrons. The summed E-state index contributed by atoms with van der Waals surface area (Å²) in [7, 11) is 0. The molecule has 0 aliphatic heterocycles. The molecule has 0 heterocycles. The van der Waals surface area contributed by atoms with Crippen molar-refractivity contribution in [1.82, 2.24) is 5.32 Å². The molecule has 0 fully saturated rings. The van der Waals surface area contributed by atoms with Crippen LogP contribution in [0, 0.1) is 0 Å². The zero-order chi connectivity index (χ0) is 17.2. The van der Waals surface area contributed by atoms with Crippen LogP contribution in [0.1, 0.15) is 25.8 Å². The van der Waals surface area contributed by atoms with Crippen LogP contribution in [0.2, 0.25) is 10.0 Å². The molecule has 1 rings (SSSR count). The van der Waals surface area contributed by atoms with Crippen molar-refractivity contribution in [1.29, 1.82) is 0 Å². The molecular formula is C15H24Cl3N5O. The Morgan fingerprint density at radius 2 is 1.83 bits per heavy atom. The summed E-state index contributed by atoms with van der Waals surface area (Å²) in [5, 5.41) is 3.72. The fourth-order valence-electron chi connectivity index (χ4n) is 1.61. The number of nitrogens with one attached hydrogen (secondary N) is 1. The van der Waals surface area contributed by atoms with Gasteiger partial charge < -0.3 is 16.2 Å². The normalized spacial score (nSPS) is 12.2. The van der Waals surface area contributed by atoms with Crippen LogP contribution in [-0.4, -0.2) is 31.2 Å². The molecule has 5 N–H and O–H groups in total. The first-order chi connectivity index (χ1) is 10.9. The molecule has 24 heavy (non-hydrogen) atoms. The third-order valence-electron chi connectivity index (χ3n) is 2.71. The summed E-state index contributed by atoms with van der Waals surface area (Å²) >= 11 is 11.8. The van der Waals surface area contributed by atoms with E-state index in [1.807, 2.05) is 19.9 Å². The average molecular weight is 397 g/mol. The third kappa shape index (κ3) is 9.82. The largest absolute Gasteiger partial charge is 0.379 e. The Hall–Kier alpha value is -1.21. The summed E-state index contributed by atoms with van der Waals surface area (Å²) in [5.74, 6) is 0.417. The van der Waals surface area contributed by atoms with E-state index in [2.05, 4.69) is 15.3 Å². The van der Waals surface area contributed by atoms with Crippen LogP contribution in [0.25, 0.3) is 0 Å². The van der Waals surface area contributed by atoms with Gasteiger partial charge in [0.15, 0.2) is 11.9 Å². The summed E-state index contributed by atoms with van der Waals surface area (Å²) < 4.78 is 5.41. The maximum absolute atomic E-state index is 5.94. The maximum Gasteiger partial charge on any atom is 0.195 e. The van der Waals surface area contributed by atoms with E-state index >= 15 is 0 Å². The van der Waals surface area contributed by atoms with Gasteiger partial charge in [-0.1, -0.05) is 29.3 Å². The third-order valence-corrected chi connectivity index (χ3v) is 3.45. The predicted molar refractivity (Wildman–Crippen MR) is 104 cm³/mol. The number of hydrogen-bond acceptors (Lipinski definition) is 3. The summed E-state index contributed by atoms with van der Waals surface area (Å²) in [6, 6.07) is 5.29. The lowest BCUT2D eigenvalue weighted by atomic mass is 10.2. The first kappa shape index (κ1) is 22.8. The van der Waals surface area contributed by atoms with Gasteiger partial charge in [0.2, 0.25) is 0 Å². The smallest absolute Gasteiger partial charge is 0.195 e. The topological polar surface area (TPSA) is 98.0 Å². The molecular weight excluding hydrogens is 373 g/mol. The Kier molecular flexibility index (Phi) is 11.6. The van der Waals surface area contributed by atoms with Crippen molar-refractivity contribution in [3.63, 3.8) is 0 Å². The minimum Gasteiger partial charge on any atom is -0.379 e. The molecule has 0 atom stereocenters. The van der Waals surface area contributed by atoms with E-state index in [9.17, 15) is 0 Å². The lowest BCUT2D eigenvalue weighted by Crippen LogP contribution is -2.41. The van der Waals surface area contributed by atoms with Crippen LogP contribution in [0.5, 0.6) is 0 Å². The van der Waals surface area contributed by atoms with E-state index in [1.54, 1.807) is 12.1 Å². The van der Waals surface area contributed by atoms with Crippen molar-refractivity contribution < 1.29 is 4.74 Å².